The number of rotatable bonds is 3. The molecular formula is C13H21N3O. The lowest BCUT2D eigenvalue weighted by Gasteiger charge is -2.28. The van der Waals surface area contributed by atoms with E-state index in [1.165, 1.54) is 12.8 Å². The first-order valence-electron chi connectivity index (χ1n) is 6.39. The van der Waals surface area contributed by atoms with Gasteiger partial charge in [0.05, 0.1) is 6.20 Å². The van der Waals surface area contributed by atoms with Crippen molar-refractivity contribution in [2.24, 2.45) is 11.8 Å². The topological polar surface area (TPSA) is 49.0 Å². The van der Waals surface area contributed by atoms with Gasteiger partial charge in [-0.15, -0.1) is 0 Å². The van der Waals surface area contributed by atoms with Crippen LogP contribution in [0.15, 0.2) is 12.4 Å². The van der Waals surface area contributed by atoms with Gasteiger partial charge in [-0.2, -0.15) is 5.10 Å². The zero-order valence-electron chi connectivity index (χ0n) is 10.6. The zero-order chi connectivity index (χ0) is 12.3. The number of hydrogen-bond acceptors (Lipinski definition) is 2. The van der Waals surface area contributed by atoms with Gasteiger partial charge in [0.25, 0.3) is 0 Å². The van der Waals surface area contributed by atoms with E-state index in [-0.39, 0.29) is 11.8 Å². The standard InChI is InChI=1S/C13H21N3O/c1-10-3-5-12(6-4-10)13(17)16(2)9-11-7-14-15-8-11/h7-8,10,12H,3-6,9H2,1-2H3,(H,14,15). The molecule has 4 nitrogen and oxygen atoms in total. The minimum atomic E-state index is 0.239. The number of H-pyrrole nitrogens is 1. The molecule has 1 aromatic rings. The molecule has 0 unspecified atom stereocenters. The van der Waals surface area contributed by atoms with Crippen LogP contribution in [0.1, 0.15) is 38.2 Å². The van der Waals surface area contributed by atoms with Crippen molar-refractivity contribution >= 4 is 5.91 Å². The highest BCUT2D eigenvalue weighted by atomic mass is 16.2. The molecule has 0 aromatic carbocycles. The molecule has 17 heavy (non-hydrogen) atoms. The third-order valence-corrected chi connectivity index (χ3v) is 3.72. The highest BCUT2D eigenvalue weighted by Crippen LogP contribution is 2.29. The Labute approximate surface area is 102 Å². The largest absolute Gasteiger partial charge is 0.341 e. The third kappa shape index (κ3) is 3.08. The number of nitrogens with one attached hydrogen (secondary N) is 1. The van der Waals surface area contributed by atoms with Gasteiger partial charge < -0.3 is 4.90 Å². The fourth-order valence-corrected chi connectivity index (χ4v) is 2.53. The van der Waals surface area contributed by atoms with Crippen LogP contribution in [0.5, 0.6) is 0 Å². The van der Waals surface area contributed by atoms with Crippen LogP contribution in [0.25, 0.3) is 0 Å². The maximum absolute atomic E-state index is 12.2. The molecule has 0 radical (unpaired) electrons. The summed E-state index contributed by atoms with van der Waals surface area (Å²) in [5, 5.41) is 6.67. The molecule has 1 aliphatic rings. The molecule has 0 aliphatic heterocycles. The first kappa shape index (κ1) is 12.1. The average molecular weight is 235 g/mol. The van der Waals surface area contributed by atoms with Crippen LogP contribution in [0.3, 0.4) is 0 Å². The summed E-state index contributed by atoms with van der Waals surface area (Å²) >= 11 is 0. The van der Waals surface area contributed by atoms with Crippen molar-refractivity contribution in [1.29, 1.82) is 0 Å². The predicted molar refractivity (Wildman–Crippen MR) is 66.2 cm³/mol. The Morgan fingerprint density at radius 2 is 2.18 bits per heavy atom. The molecular weight excluding hydrogens is 214 g/mol. The first-order chi connectivity index (χ1) is 8.16. The number of amides is 1. The summed E-state index contributed by atoms with van der Waals surface area (Å²) in [5.74, 6) is 1.32. The summed E-state index contributed by atoms with van der Waals surface area (Å²) in [5.41, 5.74) is 1.06. The Kier molecular flexibility index (Phi) is 3.82. The van der Waals surface area contributed by atoms with Crippen LogP contribution < -0.4 is 0 Å². The van der Waals surface area contributed by atoms with E-state index in [0.717, 1.165) is 24.3 Å². The molecule has 0 saturated heterocycles. The van der Waals surface area contributed by atoms with E-state index in [1.807, 2.05) is 18.1 Å². The lowest BCUT2D eigenvalue weighted by molar-refractivity contribution is -0.136. The minimum Gasteiger partial charge on any atom is -0.341 e. The number of aromatic nitrogens is 2. The Balaban J connectivity index is 1.86. The summed E-state index contributed by atoms with van der Waals surface area (Å²) in [7, 11) is 1.88. The van der Waals surface area contributed by atoms with Gasteiger partial charge >= 0.3 is 0 Å². The van der Waals surface area contributed by atoms with Crippen molar-refractivity contribution in [3.8, 4) is 0 Å². The highest BCUT2D eigenvalue weighted by Gasteiger charge is 2.26. The van der Waals surface area contributed by atoms with E-state index >= 15 is 0 Å². The summed E-state index contributed by atoms with van der Waals surface area (Å²) in [6.45, 7) is 2.93. The third-order valence-electron chi connectivity index (χ3n) is 3.72. The normalized spacial score (nSPS) is 24.6. The Morgan fingerprint density at radius 3 is 2.76 bits per heavy atom. The molecule has 1 aromatic heterocycles. The van der Waals surface area contributed by atoms with E-state index in [4.69, 9.17) is 0 Å². The second-order valence-electron chi connectivity index (χ2n) is 5.26. The van der Waals surface area contributed by atoms with Crippen LogP contribution in [-0.2, 0) is 11.3 Å². The summed E-state index contributed by atoms with van der Waals surface area (Å²) in [6, 6.07) is 0. The van der Waals surface area contributed by atoms with E-state index in [2.05, 4.69) is 17.1 Å². The van der Waals surface area contributed by atoms with Gasteiger partial charge in [-0.3, -0.25) is 9.89 Å². The SMILES string of the molecule is CC1CCC(C(=O)N(C)Cc2cn[nH]c2)CC1. The molecule has 2 rings (SSSR count). The second kappa shape index (κ2) is 5.34. The van der Waals surface area contributed by atoms with Gasteiger partial charge in [-0.25, -0.2) is 0 Å². The number of aromatic amines is 1. The first-order valence-corrected chi connectivity index (χ1v) is 6.39. The van der Waals surface area contributed by atoms with E-state index in [1.54, 1.807) is 6.20 Å². The number of carbonyl (C=O) groups is 1. The van der Waals surface area contributed by atoms with Crippen LogP contribution in [0.2, 0.25) is 0 Å². The summed E-state index contributed by atoms with van der Waals surface area (Å²) in [6.07, 6.45) is 8.09. The molecule has 4 heteroatoms. The zero-order valence-corrected chi connectivity index (χ0v) is 10.6. The van der Waals surface area contributed by atoms with Gasteiger partial charge in [0.1, 0.15) is 0 Å². The fraction of sp³-hybridized carbons (Fsp3) is 0.692. The molecule has 0 bridgehead atoms. The number of nitrogens with zero attached hydrogens (tertiary/aromatic N) is 2. The number of carbonyl (C=O) groups excluding carboxylic acids is 1. The van der Waals surface area contributed by atoms with Crippen LogP contribution in [0, 0.1) is 11.8 Å². The van der Waals surface area contributed by atoms with Crippen molar-refractivity contribution < 1.29 is 4.79 Å². The molecule has 1 N–H and O–H groups in total. The van der Waals surface area contributed by atoms with Crippen LogP contribution in [0.4, 0.5) is 0 Å². The van der Waals surface area contributed by atoms with Gasteiger partial charge in [0.15, 0.2) is 0 Å². The average Bonchev–Trinajstić information content (AvgIpc) is 2.82. The van der Waals surface area contributed by atoms with E-state index in [0.29, 0.717) is 6.54 Å². The predicted octanol–water partition coefficient (Wildman–Crippen LogP) is 2.19. The van der Waals surface area contributed by atoms with Gasteiger partial charge in [0.2, 0.25) is 5.91 Å². The van der Waals surface area contributed by atoms with Crippen molar-refractivity contribution in [3.63, 3.8) is 0 Å². The van der Waals surface area contributed by atoms with Gasteiger partial charge in [-0.1, -0.05) is 6.92 Å². The van der Waals surface area contributed by atoms with Crippen molar-refractivity contribution in [2.75, 3.05) is 7.05 Å². The molecule has 94 valence electrons. The Morgan fingerprint density at radius 1 is 1.47 bits per heavy atom. The quantitative estimate of drug-likeness (QED) is 0.873. The smallest absolute Gasteiger partial charge is 0.225 e. The van der Waals surface area contributed by atoms with Gasteiger partial charge in [0, 0.05) is 31.3 Å². The molecule has 1 heterocycles. The van der Waals surface area contributed by atoms with Crippen molar-refractivity contribution in [3.05, 3.63) is 18.0 Å². The summed E-state index contributed by atoms with van der Waals surface area (Å²) in [4.78, 5) is 14.1. The molecule has 0 atom stereocenters. The second-order valence-corrected chi connectivity index (χ2v) is 5.26. The Hall–Kier alpha value is -1.32. The van der Waals surface area contributed by atoms with Gasteiger partial charge in [-0.05, 0) is 31.6 Å². The fourth-order valence-electron chi connectivity index (χ4n) is 2.53. The molecule has 0 spiro atoms. The van der Waals surface area contributed by atoms with Crippen LogP contribution >= 0.6 is 0 Å². The Bertz CT molecular complexity index is 353. The van der Waals surface area contributed by atoms with E-state index < -0.39 is 0 Å². The maximum atomic E-state index is 12.2. The van der Waals surface area contributed by atoms with Crippen LogP contribution in [-0.4, -0.2) is 28.1 Å². The van der Waals surface area contributed by atoms with Crippen molar-refractivity contribution in [2.45, 2.75) is 39.2 Å². The molecule has 1 fully saturated rings. The van der Waals surface area contributed by atoms with Crippen molar-refractivity contribution in [1.82, 2.24) is 15.1 Å². The highest BCUT2D eigenvalue weighted by molar-refractivity contribution is 5.78. The molecule has 1 amide bonds. The van der Waals surface area contributed by atoms with E-state index in [9.17, 15) is 4.79 Å². The monoisotopic (exact) mass is 235 g/mol. The number of hydrogen-bond donors (Lipinski definition) is 1. The minimum absolute atomic E-state index is 0.239. The summed E-state index contributed by atoms with van der Waals surface area (Å²) < 4.78 is 0. The molecule has 1 aliphatic carbocycles. The maximum Gasteiger partial charge on any atom is 0.225 e. The lowest BCUT2D eigenvalue weighted by Crippen LogP contribution is -2.34. The lowest BCUT2D eigenvalue weighted by atomic mass is 9.82. The molecule has 1 saturated carbocycles.